The number of aryl methyl sites for hydroxylation is 2. The van der Waals surface area contributed by atoms with Gasteiger partial charge in [-0.25, -0.2) is 22.4 Å². The molecule has 1 aliphatic rings. The number of hydrogen-bond acceptors (Lipinski definition) is 7. The average molecular weight is 554 g/mol. The third-order valence-corrected chi connectivity index (χ3v) is 10.4. The number of aliphatic hydroxyl groups is 1. The van der Waals surface area contributed by atoms with E-state index in [0.29, 0.717) is 45.1 Å². The maximum absolute atomic E-state index is 14.1. The molecule has 4 heterocycles. The summed E-state index contributed by atoms with van der Waals surface area (Å²) in [6.45, 7) is 3.80. The highest BCUT2D eigenvalue weighted by atomic mass is 35.5. The molecule has 0 saturated heterocycles. The molecule has 0 spiro atoms. The number of hydrogen-bond donors (Lipinski definition) is 1. The van der Waals surface area contributed by atoms with Crippen molar-refractivity contribution >= 4 is 44.0 Å². The second-order valence-electron chi connectivity index (χ2n) is 9.51. The van der Waals surface area contributed by atoms with Gasteiger partial charge in [-0.1, -0.05) is 29.3 Å². The maximum atomic E-state index is 14.1. The fourth-order valence-electron chi connectivity index (χ4n) is 4.68. The first kappa shape index (κ1) is 24.3. The first-order valence-corrected chi connectivity index (χ1v) is 14.4. The summed E-state index contributed by atoms with van der Waals surface area (Å²) in [4.78, 5) is 9.90. The molecule has 190 valence electrons. The summed E-state index contributed by atoms with van der Waals surface area (Å²) < 4.78 is 31.1. The topological polar surface area (TPSA) is 103 Å². The minimum Gasteiger partial charge on any atom is -0.383 e. The van der Waals surface area contributed by atoms with Gasteiger partial charge in [-0.2, -0.15) is 5.10 Å². The Morgan fingerprint density at radius 2 is 1.81 bits per heavy atom. The fraction of sp³-hybridized carbons (Fsp3) is 0.269. The van der Waals surface area contributed by atoms with Gasteiger partial charge in [-0.15, -0.1) is 11.3 Å². The van der Waals surface area contributed by atoms with E-state index in [4.69, 9.17) is 11.6 Å². The summed E-state index contributed by atoms with van der Waals surface area (Å²) in [5, 5.41) is 16.8. The standard InChI is InChI=1S/C26H24ClN5O3S2/c1-15-5-7-17(8-6-15)37(34,35)32-21(19-12-30-31(3)16(19)2)11-18-23(20(27)13-28-24(18)32)22-14-29-25(36-22)26(33)9-4-10-26/h5-8,11-14,33H,4,9-10H2,1-3H3. The number of nitrogens with zero attached hydrogens (tertiary/aromatic N) is 5. The van der Waals surface area contributed by atoms with Crippen LogP contribution in [-0.4, -0.2) is 37.2 Å². The lowest BCUT2D eigenvalue weighted by Gasteiger charge is -2.34. The van der Waals surface area contributed by atoms with E-state index in [2.05, 4.69) is 15.1 Å². The van der Waals surface area contributed by atoms with Crippen molar-refractivity contribution in [1.29, 1.82) is 0 Å². The molecule has 0 unspecified atom stereocenters. The highest BCUT2D eigenvalue weighted by Crippen LogP contribution is 2.47. The second-order valence-corrected chi connectivity index (χ2v) is 12.7. The molecule has 37 heavy (non-hydrogen) atoms. The van der Waals surface area contributed by atoms with Crippen LogP contribution in [0.3, 0.4) is 0 Å². The maximum Gasteiger partial charge on any atom is 0.269 e. The van der Waals surface area contributed by atoms with Gasteiger partial charge in [0.05, 0.1) is 26.7 Å². The summed E-state index contributed by atoms with van der Waals surface area (Å²) in [7, 11) is -2.22. The molecular formula is C26H24ClN5O3S2. The van der Waals surface area contributed by atoms with Crippen molar-refractivity contribution in [3.63, 3.8) is 0 Å². The Kier molecular flexibility index (Phi) is 5.57. The van der Waals surface area contributed by atoms with Crippen molar-refractivity contribution in [3.05, 3.63) is 70.2 Å². The SMILES string of the molecule is Cc1ccc(S(=O)(=O)n2c(-c3cnn(C)c3C)cc3c(-c4cnc(C5(O)CCC5)s4)c(Cl)cnc32)cc1. The zero-order chi connectivity index (χ0) is 26.1. The summed E-state index contributed by atoms with van der Waals surface area (Å²) in [5.41, 5.74) is 2.88. The first-order chi connectivity index (χ1) is 17.6. The van der Waals surface area contributed by atoms with Gasteiger partial charge in [0, 0.05) is 41.6 Å². The lowest BCUT2D eigenvalue weighted by Crippen LogP contribution is -2.33. The number of pyridine rings is 1. The van der Waals surface area contributed by atoms with E-state index in [1.54, 1.807) is 47.4 Å². The van der Waals surface area contributed by atoms with Gasteiger partial charge < -0.3 is 5.11 Å². The molecule has 0 amide bonds. The third-order valence-electron chi connectivity index (χ3n) is 7.14. The molecule has 5 aromatic rings. The quantitative estimate of drug-likeness (QED) is 0.311. The number of rotatable bonds is 5. The highest BCUT2D eigenvalue weighted by molar-refractivity contribution is 7.90. The van der Waals surface area contributed by atoms with Gasteiger partial charge in [0.2, 0.25) is 0 Å². The molecule has 11 heteroatoms. The molecule has 0 radical (unpaired) electrons. The lowest BCUT2D eigenvalue weighted by molar-refractivity contribution is -0.0389. The van der Waals surface area contributed by atoms with E-state index in [-0.39, 0.29) is 10.5 Å². The van der Waals surface area contributed by atoms with Crippen LogP contribution in [-0.2, 0) is 22.7 Å². The Labute approximate surface area is 223 Å². The van der Waals surface area contributed by atoms with Gasteiger partial charge in [0.15, 0.2) is 5.65 Å². The molecule has 0 aliphatic heterocycles. The van der Waals surface area contributed by atoms with Crippen molar-refractivity contribution in [2.45, 2.75) is 43.6 Å². The fourth-order valence-corrected chi connectivity index (χ4v) is 7.60. The Hall–Kier alpha value is -3.05. The van der Waals surface area contributed by atoms with E-state index < -0.39 is 15.6 Å². The number of aromatic nitrogens is 5. The molecule has 1 N–H and O–H groups in total. The smallest absolute Gasteiger partial charge is 0.269 e. The molecule has 1 aromatic carbocycles. The highest BCUT2D eigenvalue weighted by Gasteiger charge is 2.39. The van der Waals surface area contributed by atoms with Gasteiger partial charge in [0.25, 0.3) is 10.0 Å². The third kappa shape index (κ3) is 3.73. The molecule has 1 aliphatic carbocycles. The van der Waals surface area contributed by atoms with E-state index in [0.717, 1.165) is 22.6 Å². The molecule has 1 fully saturated rings. The van der Waals surface area contributed by atoms with E-state index in [9.17, 15) is 13.5 Å². The summed E-state index contributed by atoms with van der Waals surface area (Å²) in [5.74, 6) is 0. The summed E-state index contributed by atoms with van der Waals surface area (Å²) >= 11 is 8.05. The van der Waals surface area contributed by atoms with Crippen LogP contribution in [0.15, 0.2) is 53.8 Å². The van der Waals surface area contributed by atoms with Crippen molar-refractivity contribution in [2.75, 3.05) is 0 Å². The van der Waals surface area contributed by atoms with Crippen molar-refractivity contribution in [2.24, 2.45) is 7.05 Å². The zero-order valence-corrected chi connectivity index (χ0v) is 22.8. The van der Waals surface area contributed by atoms with Crippen LogP contribution < -0.4 is 0 Å². The predicted molar refractivity (Wildman–Crippen MR) is 144 cm³/mol. The lowest BCUT2D eigenvalue weighted by atomic mass is 9.81. The largest absolute Gasteiger partial charge is 0.383 e. The van der Waals surface area contributed by atoms with Crippen molar-refractivity contribution < 1.29 is 13.5 Å². The van der Waals surface area contributed by atoms with Gasteiger partial charge in [-0.3, -0.25) is 4.68 Å². The molecule has 8 nitrogen and oxygen atoms in total. The van der Waals surface area contributed by atoms with Crippen LogP contribution in [0.2, 0.25) is 5.02 Å². The average Bonchev–Trinajstić information content (AvgIpc) is 3.56. The van der Waals surface area contributed by atoms with Crippen LogP contribution in [0.5, 0.6) is 0 Å². The second kappa shape index (κ2) is 8.49. The van der Waals surface area contributed by atoms with E-state index >= 15 is 0 Å². The number of thiazole rings is 1. The zero-order valence-electron chi connectivity index (χ0n) is 20.4. The van der Waals surface area contributed by atoms with Crippen molar-refractivity contribution in [1.82, 2.24) is 23.7 Å². The summed E-state index contributed by atoms with van der Waals surface area (Å²) in [6.07, 6.45) is 7.13. The van der Waals surface area contributed by atoms with Gasteiger partial charge >= 0.3 is 0 Å². The minimum atomic E-state index is -4.03. The van der Waals surface area contributed by atoms with Gasteiger partial charge in [-0.05, 0) is 51.3 Å². The van der Waals surface area contributed by atoms with E-state index in [1.807, 2.05) is 20.9 Å². The van der Waals surface area contributed by atoms with Crippen LogP contribution >= 0.6 is 22.9 Å². The Morgan fingerprint density at radius 3 is 2.43 bits per heavy atom. The predicted octanol–water partition coefficient (Wildman–Crippen LogP) is 5.44. The molecule has 6 rings (SSSR count). The monoisotopic (exact) mass is 553 g/mol. The molecule has 0 atom stereocenters. The molecule has 4 aromatic heterocycles. The van der Waals surface area contributed by atoms with Crippen molar-refractivity contribution in [3.8, 4) is 21.7 Å². The van der Waals surface area contributed by atoms with Crippen LogP contribution in [0.1, 0.15) is 35.5 Å². The number of benzene rings is 1. The van der Waals surface area contributed by atoms with Crippen LogP contribution in [0, 0.1) is 13.8 Å². The number of fused-ring (bicyclic) bond motifs is 1. The van der Waals surface area contributed by atoms with Crippen LogP contribution in [0.4, 0.5) is 0 Å². The Morgan fingerprint density at radius 1 is 1.08 bits per heavy atom. The molecule has 1 saturated carbocycles. The minimum absolute atomic E-state index is 0.156. The number of halogens is 1. The van der Waals surface area contributed by atoms with Gasteiger partial charge in [0.1, 0.15) is 10.6 Å². The molecule has 0 bridgehead atoms. The Bertz CT molecular complexity index is 1780. The summed E-state index contributed by atoms with van der Waals surface area (Å²) in [6, 6.07) is 8.54. The normalized spacial score (nSPS) is 15.3. The van der Waals surface area contributed by atoms with E-state index in [1.165, 1.54) is 21.5 Å². The first-order valence-electron chi connectivity index (χ1n) is 11.8. The molecular weight excluding hydrogens is 530 g/mol. The Balaban J connectivity index is 1.64. The van der Waals surface area contributed by atoms with Crippen LogP contribution in [0.25, 0.3) is 32.7 Å².